The minimum Gasteiger partial charge on any atom is -0.245 e. The third-order valence-corrected chi connectivity index (χ3v) is 4.33. The predicted molar refractivity (Wildman–Crippen MR) is 72.2 cm³/mol. The van der Waals surface area contributed by atoms with Crippen molar-refractivity contribution in [2.45, 2.75) is 4.33 Å². The SMILES string of the molecule is O=c1n(C(S)(S)N(P)P)nnc2cncn12. The van der Waals surface area contributed by atoms with Gasteiger partial charge in [0.15, 0.2) is 5.65 Å². The predicted octanol–water partition coefficient (Wildman–Crippen LogP) is -0.404. The molecule has 2 rings (SSSR count). The molecule has 0 aliphatic heterocycles. The lowest BCUT2D eigenvalue weighted by molar-refractivity contribution is 0.397. The third-order valence-electron chi connectivity index (χ3n) is 1.87. The van der Waals surface area contributed by atoms with Crippen molar-refractivity contribution in [3.63, 3.8) is 0 Å². The summed E-state index contributed by atoms with van der Waals surface area (Å²) >= 11 is 8.44. The van der Waals surface area contributed by atoms with E-state index in [2.05, 4.69) is 59.3 Å². The summed E-state index contributed by atoms with van der Waals surface area (Å²) in [5, 5.41) is 7.56. The highest BCUT2D eigenvalue weighted by Crippen LogP contribution is 2.34. The number of rotatable bonds is 2. The molecular weight excluding hydrogens is 286 g/mol. The van der Waals surface area contributed by atoms with Crippen molar-refractivity contribution in [1.82, 2.24) is 28.8 Å². The molecule has 0 aliphatic carbocycles. The van der Waals surface area contributed by atoms with Gasteiger partial charge in [-0.2, -0.15) is 4.68 Å². The van der Waals surface area contributed by atoms with Crippen LogP contribution in [0.25, 0.3) is 5.65 Å². The minimum atomic E-state index is -1.22. The molecule has 11 heteroatoms. The lowest BCUT2D eigenvalue weighted by Crippen LogP contribution is -2.43. The van der Waals surface area contributed by atoms with E-state index in [9.17, 15) is 4.79 Å². The van der Waals surface area contributed by atoms with Crippen LogP contribution < -0.4 is 5.69 Å². The Balaban J connectivity index is 2.71. The smallest absolute Gasteiger partial charge is 0.245 e. The summed E-state index contributed by atoms with van der Waals surface area (Å²) in [7, 11) is 4.65. The number of thiol groups is 2. The summed E-state index contributed by atoms with van der Waals surface area (Å²) in [5.74, 6) is 0. The number of nitrogens with zero attached hydrogens (tertiary/aromatic N) is 6. The quantitative estimate of drug-likeness (QED) is 0.448. The van der Waals surface area contributed by atoms with Crippen molar-refractivity contribution in [2.75, 3.05) is 0 Å². The Morgan fingerprint density at radius 3 is 2.75 bits per heavy atom. The molecule has 2 unspecified atom stereocenters. The molecule has 2 aromatic heterocycles. The molecule has 0 saturated carbocycles. The molecule has 16 heavy (non-hydrogen) atoms. The number of fused-ring (bicyclic) bond motifs is 1. The summed E-state index contributed by atoms with van der Waals surface area (Å²) in [6.45, 7) is 0. The summed E-state index contributed by atoms with van der Waals surface area (Å²) < 4.78 is 2.51. The maximum absolute atomic E-state index is 12.0. The van der Waals surface area contributed by atoms with Gasteiger partial charge in [-0.05, 0) is 0 Å². The second-order valence-corrected chi connectivity index (χ2v) is 6.22. The first-order chi connectivity index (χ1) is 7.44. The van der Waals surface area contributed by atoms with E-state index in [0.717, 1.165) is 4.68 Å². The average Bonchev–Trinajstić information content (AvgIpc) is 2.66. The van der Waals surface area contributed by atoms with Crippen molar-refractivity contribution in [1.29, 1.82) is 0 Å². The molecule has 2 atom stereocenters. The summed E-state index contributed by atoms with van der Waals surface area (Å²) in [5.41, 5.74) is -0.0554. The Bertz CT molecular complexity index is 580. The van der Waals surface area contributed by atoms with E-state index < -0.39 is 10.0 Å². The van der Waals surface area contributed by atoms with Crippen molar-refractivity contribution < 1.29 is 0 Å². The van der Waals surface area contributed by atoms with Gasteiger partial charge >= 0.3 is 5.69 Å². The molecule has 0 aromatic carbocycles. The molecule has 7 nitrogen and oxygen atoms in total. The Morgan fingerprint density at radius 2 is 2.12 bits per heavy atom. The standard InChI is InChI=1S/C5H8N6OP2S2/c12-4-9-2-6-1-3(9)7-8-10(4)5(15,16)11(13)14/h1-2,15-16H,13-14H2. The summed E-state index contributed by atoms with van der Waals surface area (Å²) in [6.07, 6.45) is 2.80. The first-order valence-electron chi connectivity index (χ1n) is 3.97. The molecule has 0 aliphatic rings. The first kappa shape index (κ1) is 12.3. The molecule has 0 radical (unpaired) electrons. The fourth-order valence-corrected chi connectivity index (χ4v) is 1.51. The Kier molecular flexibility index (Phi) is 3.25. The number of hydrogen-bond donors (Lipinski definition) is 2. The van der Waals surface area contributed by atoms with Crippen LogP contribution in [0.4, 0.5) is 0 Å². The molecule has 0 N–H and O–H groups in total. The normalized spacial score (nSPS) is 12.6. The zero-order chi connectivity index (χ0) is 11.9. The molecule has 0 fully saturated rings. The van der Waals surface area contributed by atoms with Crippen LogP contribution in [-0.4, -0.2) is 28.8 Å². The summed E-state index contributed by atoms with van der Waals surface area (Å²) in [4.78, 5) is 15.8. The number of imidazole rings is 1. The van der Waals surface area contributed by atoms with Crippen molar-refractivity contribution in [3.05, 3.63) is 23.0 Å². The topological polar surface area (TPSA) is 68.3 Å². The number of hydrogen-bond acceptors (Lipinski definition) is 7. The summed E-state index contributed by atoms with van der Waals surface area (Å²) in [6, 6.07) is 0. The second kappa shape index (κ2) is 4.23. The Hall–Kier alpha value is -0.200. The van der Waals surface area contributed by atoms with E-state index in [1.165, 1.54) is 21.4 Å². The monoisotopic (exact) mass is 294 g/mol. The van der Waals surface area contributed by atoms with Gasteiger partial charge in [0, 0.05) is 0 Å². The Labute approximate surface area is 106 Å². The molecule has 0 spiro atoms. The zero-order valence-electron chi connectivity index (χ0n) is 7.80. The van der Waals surface area contributed by atoms with Gasteiger partial charge in [0.2, 0.25) is 4.33 Å². The van der Waals surface area contributed by atoms with Crippen LogP contribution in [0, 0.1) is 0 Å². The first-order valence-corrected chi connectivity index (χ1v) is 5.90. The van der Waals surface area contributed by atoms with Gasteiger partial charge in [0.1, 0.15) is 6.33 Å². The molecule has 0 bridgehead atoms. The highest BCUT2D eigenvalue weighted by atomic mass is 32.2. The van der Waals surface area contributed by atoms with Crippen molar-refractivity contribution >= 4 is 49.7 Å². The highest BCUT2D eigenvalue weighted by molar-refractivity contribution is 7.99. The fraction of sp³-hybridized carbons (Fsp3) is 0.200. The lowest BCUT2D eigenvalue weighted by atomic mass is 10.8. The molecule has 2 heterocycles. The molecule has 0 saturated heterocycles. The molecule has 86 valence electrons. The van der Waals surface area contributed by atoms with E-state index in [-0.39, 0.29) is 0 Å². The average molecular weight is 294 g/mol. The van der Waals surface area contributed by atoms with Crippen LogP contribution in [0.3, 0.4) is 0 Å². The van der Waals surface area contributed by atoms with Crippen LogP contribution >= 0.6 is 44.0 Å². The van der Waals surface area contributed by atoms with E-state index >= 15 is 0 Å². The number of aromatic nitrogens is 5. The van der Waals surface area contributed by atoms with Gasteiger partial charge in [0.05, 0.1) is 6.20 Å². The van der Waals surface area contributed by atoms with Gasteiger partial charge < -0.3 is 0 Å². The van der Waals surface area contributed by atoms with Crippen LogP contribution in [0.2, 0.25) is 0 Å². The van der Waals surface area contributed by atoms with Crippen molar-refractivity contribution in [2.24, 2.45) is 0 Å². The van der Waals surface area contributed by atoms with Gasteiger partial charge in [-0.15, -0.1) is 30.4 Å². The second-order valence-electron chi connectivity index (χ2n) is 2.91. The van der Waals surface area contributed by atoms with Gasteiger partial charge in [0.25, 0.3) is 0 Å². The highest BCUT2D eigenvalue weighted by Gasteiger charge is 2.29. The lowest BCUT2D eigenvalue weighted by Gasteiger charge is -2.28. The van der Waals surface area contributed by atoms with Crippen molar-refractivity contribution in [3.8, 4) is 0 Å². The van der Waals surface area contributed by atoms with Gasteiger partial charge in [-0.1, -0.05) is 24.0 Å². The maximum atomic E-state index is 12.0. The largest absolute Gasteiger partial charge is 0.356 e. The minimum absolute atomic E-state index is 0.373. The molecular formula is C5H8N6OP2S2. The van der Waals surface area contributed by atoms with E-state index in [1.807, 2.05) is 0 Å². The van der Waals surface area contributed by atoms with E-state index in [0.29, 0.717) is 5.65 Å². The van der Waals surface area contributed by atoms with Crippen LogP contribution in [0.1, 0.15) is 0 Å². The molecule has 2 aromatic rings. The molecule has 0 amide bonds. The van der Waals surface area contributed by atoms with Gasteiger partial charge in [-0.25, -0.2) is 18.6 Å². The van der Waals surface area contributed by atoms with Crippen LogP contribution in [0.5, 0.6) is 0 Å². The van der Waals surface area contributed by atoms with Crippen LogP contribution in [0.15, 0.2) is 17.3 Å². The maximum Gasteiger partial charge on any atom is 0.356 e. The zero-order valence-corrected chi connectivity index (χ0v) is 11.9. The van der Waals surface area contributed by atoms with Crippen LogP contribution in [-0.2, 0) is 4.33 Å². The van der Waals surface area contributed by atoms with E-state index in [1.54, 1.807) is 0 Å². The van der Waals surface area contributed by atoms with E-state index in [4.69, 9.17) is 0 Å². The third kappa shape index (κ3) is 1.87. The van der Waals surface area contributed by atoms with Gasteiger partial charge in [-0.3, -0.25) is 0 Å². The Morgan fingerprint density at radius 1 is 1.44 bits per heavy atom. The fourth-order valence-electron chi connectivity index (χ4n) is 1.04.